The maximum Gasteiger partial charge on any atom is 0.194 e. The molecule has 1 saturated heterocycles. The van der Waals surface area contributed by atoms with E-state index in [4.69, 9.17) is 0 Å². The van der Waals surface area contributed by atoms with Crippen molar-refractivity contribution < 1.29 is 0 Å². The SMILES string of the molecule is CN=C(NCc1cnn(Cc2ccccc2)c1)N1CCN(c2ccccc2)CC1. The maximum atomic E-state index is 4.49. The minimum absolute atomic E-state index is 0.723. The van der Waals surface area contributed by atoms with Gasteiger partial charge in [0.15, 0.2) is 5.96 Å². The van der Waals surface area contributed by atoms with Gasteiger partial charge in [0.05, 0.1) is 12.7 Å². The quantitative estimate of drug-likeness (QED) is 0.539. The Balaban J connectivity index is 1.28. The van der Waals surface area contributed by atoms with E-state index in [0.717, 1.165) is 50.8 Å². The summed E-state index contributed by atoms with van der Waals surface area (Å²) >= 11 is 0. The molecule has 0 bridgehead atoms. The van der Waals surface area contributed by atoms with Gasteiger partial charge < -0.3 is 15.1 Å². The number of piperazine rings is 1. The molecule has 1 fully saturated rings. The van der Waals surface area contributed by atoms with Crippen molar-refractivity contribution in [3.8, 4) is 0 Å². The van der Waals surface area contributed by atoms with Crippen molar-refractivity contribution in [3.63, 3.8) is 0 Å². The fraction of sp³-hybridized carbons (Fsp3) is 0.304. The van der Waals surface area contributed by atoms with Crippen molar-refractivity contribution in [1.82, 2.24) is 20.0 Å². The first-order chi connectivity index (χ1) is 14.3. The summed E-state index contributed by atoms with van der Waals surface area (Å²) in [5, 5.41) is 7.98. The molecule has 4 rings (SSSR count). The molecule has 1 aromatic heterocycles. The highest BCUT2D eigenvalue weighted by molar-refractivity contribution is 5.80. The molecule has 150 valence electrons. The number of guanidine groups is 1. The molecule has 1 N–H and O–H groups in total. The van der Waals surface area contributed by atoms with Crippen LogP contribution in [0.25, 0.3) is 0 Å². The topological polar surface area (TPSA) is 48.7 Å². The summed E-state index contributed by atoms with van der Waals surface area (Å²) in [5.74, 6) is 0.952. The van der Waals surface area contributed by atoms with Crippen molar-refractivity contribution >= 4 is 11.6 Å². The zero-order chi connectivity index (χ0) is 19.9. The first-order valence-electron chi connectivity index (χ1n) is 10.1. The molecule has 0 radical (unpaired) electrons. The third-order valence-electron chi connectivity index (χ3n) is 5.24. The molecular formula is C23H28N6. The van der Waals surface area contributed by atoms with Gasteiger partial charge in [0.25, 0.3) is 0 Å². The third-order valence-corrected chi connectivity index (χ3v) is 5.24. The first kappa shape index (κ1) is 19.1. The number of hydrogen-bond donors (Lipinski definition) is 1. The monoisotopic (exact) mass is 388 g/mol. The van der Waals surface area contributed by atoms with Crippen molar-refractivity contribution in [2.75, 3.05) is 38.1 Å². The van der Waals surface area contributed by atoms with Gasteiger partial charge in [-0.15, -0.1) is 0 Å². The van der Waals surface area contributed by atoms with Crippen LogP contribution in [0.15, 0.2) is 78.0 Å². The van der Waals surface area contributed by atoms with Gasteiger partial charge in [0, 0.05) is 57.2 Å². The number of benzene rings is 2. The van der Waals surface area contributed by atoms with Crippen LogP contribution in [-0.4, -0.2) is 53.9 Å². The smallest absolute Gasteiger partial charge is 0.194 e. The molecule has 2 aromatic carbocycles. The van der Waals surface area contributed by atoms with E-state index in [0.29, 0.717) is 0 Å². The second kappa shape index (κ2) is 9.28. The second-order valence-corrected chi connectivity index (χ2v) is 7.24. The molecule has 0 amide bonds. The van der Waals surface area contributed by atoms with Crippen LogP contribution in [0.2, 0.25) is 0 Å². The van der Waals surface area contributed by atoms with Gasteiger partial charge in [-0.25, -0.2) is 0 Å². The van der Waals surface area contributed by atoms with Gasteiger partial charge in [0.1, 0.15) is 0 Å². The molecular weight excluding hydrogens is 360 g/mol. The van der Waals surface area contributed by atoms with Crippen molar-refractivity contribution in [2.45, 2.75) is 13.1 Å². The lowest BCUT2D eigenvalue weighted by atomic mass is 10.2. The summed E-state index contributed by atoms with van der Waals surface area (Å²) in [6.07, 6.45) is 4.02. The summed E-state index contributed by atoms with van der Waals surface area (Å²) in [6, 6.07) is 21.0. The molecule has 2 heterocycles. The number of rotatable bonds is 5. The minimum atomic E-state index is 0.723. The van der Waals surface area contributed by atoms with Crippen molar-refractivity contribution in [2.24, 2.45) is 4.99 Å². The number of aromatic nitrogens is 2. The van der Waals surface area contributed by atoms with Crippen LogP contribution in [0.1, 0.15) is 11.1 Å². The average Bonchev–Trinajstić information content (AvgIpc) is 3.23. The number of para-hydroxylation sites is 1. The van der Waals surface area contributed by atoms with Crippen LogP contribution in [0.3, 0.4) is 0 Å². The minimum Gasteiger partial charge on any atom is -0.368 e. The van der Waals surface area contributed by atoms with E-state index in [-0.39, 0.29) is 0 Å². The third kappa shape index (κ3) is 4.96. The molecule has 0 aliphatic carbocycles. The van der Waals surface area contributed by atoms with Crippen LogP contribution in [-0.2, 0) is 13.1 Å². The number of nitrogens with zero attached hydrogens (tertiary/aromatic N) is 5. The average molecular weight is 389 g/mol. The fourth-order valence-corrected chi connectivity index (χ4v) is 3.68. The van der Waals surface area contributed by atoms with Gasteiger partial charge in [-0.05, 0) is 17.7 Å². The Hall–Kier alpha value is -3.28. The summed E-state index contributed by atoms with van der Waals surface area (Å²) in [5.41, 5.74) is 3.70. The van der Waals surface area contributed by atoms with E-state index >= 15 is 0 Å². The molecule has 0 saturated carbocycles. The number of hydrogen-bond acceptors (Lipinski definition) is 3. The second-order valence-electron chi connectivity index (χ2n) is 7.24. The van der Waals surface area contributed by atoms with Gasteiger partial charge in [-0.3, -0.25) is 9.67 Å². The summed E-state index contributed by atoms with van der Waals surface area (Å²) in [7, 11) is 1.85. The largest absolute Gasteiger partial charge is 0.368 e. The zero-order valence-corrected chi connectivity index (χ0v) is 16.9. The Morgan fingerprint density at radius 1 is 0.931 bits per heavy atom. The highest BCUT2D eigenvalue weighted by atomic mass is 15.3. The lowest BCUT2D eigenvalue weighted by Crippen LogP contribution is -2.52. The summed E-state index contributed by atoms with van der Waals surface area (Å²) in [4.78, 5) is 9.24. The lowest BCUT2D eigenvalue weighted by molar-refractivity contribution is 0.372. The van der Waals surface area contributed by atoms with Crippen molar-refractivity contribution in [1.29, 1.82) is 0 Å². The summed E-state index contributed by atoms with van der Waals surface area (Å²) < 4.78 is 1.98. The standard InChI is InChI=1S/C23H28N6/c1-24-23(28-14-12-27(13-15-28)22-10-6-3-7-11-22)25-16-21-17-26-29(19-21)18-20-8-4-2-5-9-20/h2-11,17,19H,12-16,18H2,1H3,(H,24,25). The molecule has 0 spiro atoms. The summed E-state index contributed by atoms with van der Waals surface area (Å²) in [6.45, 7) is 5.43. The van der Waals surface area contributed by atoms with Gasteiger partial charge >= 0.3 is 0 Å². The van der Waals surface area contributed by atoms with Crippen LogP contribution in [0.4, 0.5) is 5.69 Å². The highest BCUT2D eigenvalue weighted by Gasteiger charge is 2.19. The molecule has 0 atom stereocenters. The highest BCUT2D eigenvalue weighted by Crippen LogP contribution is 2.15. The Morgan fingerprint density at radius 2 is 1.62 bits per heavy atom. The first-order valence-corrected chi connectivity index (χ1v) is 10.1. The number of anilines is 1. The Kier molecular flexibility index (Phi) is 6.10. The molecule has 1 aliphatic rings. The normalized spacial score (nSPS) is 14.9. The van der Waals surface area contributed by atoms with E-state index in [1.165, 1.54) is 11.3 Å². The number of nitrogens with one attached hydrogen (secondary N) is 1. The predicted molar refractivity (Wildman–Crippen MR) is 118 cm³/mol. The van der Waals surface area contributed by atoms with Gasteiger partial charge in [0.2, 0.25) is 0 Å². The Bertz CT molecular complexity index is 911. The molecule has 6 heteroatoms. The van der Waals surface area contributed by atoms with Crippen LogP contribution >= 0.6 is 0 Å². The fourth-order valence-electron chi connectivity index (χ4n) is 3.68. The lowest BCUT2D eigenvalue weighted by Gasteiger charge is -2.37. The van der Waals surface area contributed by atoms with E-state index in [9.17, 15) is 0 Å². The Labute approximate surface area is 172 Å². The van der Waals surface area contributed by atoms with E-state index in [1.54, 1.807) is 0 Å². The van der Waals surface area contributed by atoms with Gasteiger partial charge in [-0.1, -0.05) is 48.5 Å². The van der Waals surface area contributed by atoms with E-state index in [2.05, 4.69) is 86.0 Å². The molecule has 3 aromatic rings. The molecule has 0 unspecified atom stereocenters. The van der Waals surface area contributed by atoms with Crippen LogP contribution < -0.4 is 10.2 Å². The zero-order valence-electron chi connectivity index (χ0n) is 16.9. The molecule has 1 aliphatic heterocycles. The van der Waals surface area contributed by atoms with Crippen molar-refractivity contribution in [3.05, 3.63) is 84.2 Å². The van der Waals surface area contributed by atoms with E-state index in [1.807, 2.05) is 24.0 Å². The molecule has 29 heavy (non-hydrogen) atoms. The Morgan fingerprint density at radius 3 is 2.31 bits per heavy atom. The molecule has 6 nitrogen and oxygen atoms in total. The predicted octanol–water partition coefficient (Wildman–Crippen LogP) is 2.83. The van der Waals surface area contributed by atoms with Crippen LogP contribution in [0.5, 0.6) is 0 Å². The van der Waals surface area contributed by atoms with Crippen LogP contribution in [0, 0.1) is 0 Å². The number of aliphatic imine (C=N–C) groups is 1. The van der Waals surface area contributed by atoms with Gasteiger partial charge in [-0.2, -0.15) is 5.10 Å². The maximum absolute atomic E-state index is 4.49. The van der Waals surface area contributed by atoms with E-state index < -0.39 is 0 Å².